The number of hydrogen-bond acceptors (Lipinski definition) is 4. The summed E-state index contributed by atoms with van der Waals surface area (Å²) in [4.78, 5) is 13.4. The van der Waals surface area contributed by atoms with Gasteiger partial charge in [0.05, 0.1) is 33.9 Å². The third kappa shape index (κ3) is 4.35. The van der Waals surface area contributed by atoms with Crippen LogP contribution < -0.4 is 9.47 Å². The number of ether oxygens (including phenoxy) is 2. The number of halogens is 10. The maximum absolute atomic E-state index is 15.0. The van der Waals surface area contributed by atoms with Crippen molar-refractivity contribution in [3.05, 3.63) is 141 Å². The minimum atomic E-state index is -2.37. The second kappa shape index (κ2) is 10.4. The molecule has 3 aliphatic rings. The maximum Gasteiger partial charge on any atom is 0.221 e. The molecule has 0 atom stereocenters. The number of fused-ring (bicyclic) bond motifs is 6. The van der Waals surface area contributed by atoms with Crippen molar-refractivity contribution in [2.75, 3.05) is 0 Å². The van der Waals surface area contributed by atoms with E-state index in [-0.39, 0.29) is 46.3 Å². The van der Waals surface area contributed by atoms with Crippen molar-refractivity contribution in [3.63, 3.8) is 0 Å². The molecule has 0 unspecified atom stereocenters. The number of nitrogens with zero attached hydrogens (tertiary/aromatic N) is 2. The standard InChI is InChI=1S/C30H10F10N4O2/c31-21-19(22(32)26(36)29(39)25(21)35)17-9-1-5-13(41-9)45-14-7-3-11(43-14)18(20-23(33)27(37)30(40)28(38)24(20)34)12-4-8-16(44-12)46-15-6-2-10(17)42-15/h1-8,41,44H. The van der Waals surface area contributed by atoms with E-state index in [1.807, 2.05) is 0 Å². The molecule has 3 aliphatic heterocycles. The lowest BCUT2D eigenvalue weighted by molar-refractivity contribution is 0.376. The first-order valence-corrected chi connectivity index (χ1v) is 12.7. The number of H-pyrrole nitrogens is 2. The van der Waals surface area contributed by atoms with Crippen molar-refractivity contribution >= 4 is 22.9 Å². The van der Waals surface area contributed by atoms with Crippen LogP contribution in [0.5, 0.6) is 11.8 Å². The van der Waals surface area contributed by atoms with Crippen LogP contribution in [0, 0.1) is 58.2 Å². The number of allylic oxidation sites excluding steroid dienone is 2. The Bertz CT molecular complexity index is 2010. The Morgan fingerprint density at radius 2 is 0.739 bits per heavy atom. The van der Waals surface area contributed by atoms with Crippen molar-refractivity contribution in [2.45, 2.75) is 0 Å². The number of nitrogens with one attached hydrogen (secondary N) is 2. The molecule has 0 radical (unpaired) electrons. The highest BCUT2D eigenvalue weighted by Gasteiger charge is 2.33. The molecule has 46 heavy (non-hydrogen) atoms. The number of aromatic amines is 2. The van der Waals surface area contributed by atoms with Gasteiger partial charge in [-0.1, -0.05) is 0 Å². The van der Waals surface area contributed by atoms with Gasteiger partial charge in [0.1, 0.15) is 0 Å². The van der Waals surface area contributed by atoms with Crippen LogP contribution in [0.1, 0.15) is 22.5 Å². The maximum atomic E-state index is 15.0. The van der Waals surface area contributed by atoms with Crippen molar-refractivity contribution in [1.82, 2.24) is 9.97 Å². The molecule has 0 amide bonds. The van der Waals surface area contributed by atoms with Gasteiger partial charge in [-0.3, -0.25) is 0 Å². The molecular weight excluding hydrogens is 638 g/mol. The van der Waals surface area contributed by atoms with E-state index < -0.39 is 80.4 Å². The molecule has 0 saturated heterocycles. The van der Waals surface area contributed by atoms with Gasteiger partial charge in [-0.25, -0.2) is 53.9 Å². The van der Waals surface area contributed by atoms with Gasteiger partial charge in [-0.15, -0.1) is 0 Å². The van der Waals surface area contributed by atoms with Crippen LogP contribution in [0.15, 0.2) is 69.9 Å². The zero-order valence-electron chi connectivity index (χ0n) is 22.1. The second-order valence-electron chi connectivity index (χ2n) is 9.65. The van der Waals surface area contributed by atoms with E-state index in [9.17, 15) is 26.3 Å². The summed E-state index contributed by atoms with van der Waals surface area (Å²) in [5.74, 6) is -23.1. The topological polar surface area (TPSA) is 74.8 Å². The molecule has 2 aromatic heterocycles. The first-order valence-electron chi connectivity index (χ1n) is 12.7. The van der Waals surface area contributed by atoms with E-state index in [0.29, 0.717) is 0 Å². The Morgan fingerprint density at radius 3 is 1.09 bits per heavy atom. The van der Waals surface area contributed by atoms with E-state index >= 15 is 17.6 Å². The highest BCUT2D eigenvalue weighted by atomic mass is 19.2. The Morgan fingerprint density at radius 1 is 0.413 bits per heavy atom. The first kappa shape index (κ1) is 28.9. The third-order valence-electron chi connectivity index (χ3n) is 6.95. The lowest BCUT2D eigenvalue weighted by Gasteiger charge is -2.13. The largest absolute Gasteiger partial charge is 0.423 e. The van der Waals surface area contributed by atoms with Gasteiger partial charge in [-0.2, -0.15) is 0 Å². The molecular formula is C30H10F10N4O2. The fourth-order valence-electron chi connectivity index (χ4n) is 4.92. The van der Waals surface area contributed by atoms with Gasteiger partial charge in [-0.05, 0) is 24.3 Å². The quantitative estimate of drug-likeness (QED) is 0.133. The summed E-state index contributed by atoms with van der Waals surface area (Å²) in [6, 6.07) is 4.73. The van der Waals surface area contributed by atoms with Crippen molar-refractivity contribution in [1.29, 1.82) is 0 Å². The Balaban J connectivity index is 1.45. The molecule has 6 nitrogen and oxygen atoms in total. The van der Waals surface area contributed by atoms with Gasteiger partial charge in [0.25, 0.3) is 0 Å². The predicted molar refractivity (Wildman–Crippen MR) is 140 cm³/mol. The number of rotatable bonds is 2. The highest BCUT2D eigenvalue weighted by molar-refractivity contribution is 5.99. The fourth-order valence-corrected chi connectivity index (χ4v) is 4.92. The van der Waals surface area contributed by atoms with Crippen LogP contribution in [-0.2, 0) is 0 Å². The summed E-state index contributed by atoms with van der Waals surface area (Å²) in [6.07, 6.45) is 4.62. The van der Waals surface area contributed by atoms with Gasteiger partial charge in [0.2, 0.25) is 23.4 Å². The fraction of sp³-hybridized carbons (Fsp3) is 0. The van der Waals surface area contributed by atoms with Crippen molar-refractivity contribution in [2.24, 2.45) is 9.98 Å². The molecule has 0 saturated carbocycles. The number of benzene rings is 2. The average Bonchev–Trinajstić information content (AvgIpc) is 3.87. The number of aliphatic imine (C=N–C) groups is 2. The van der Waals surface area contributed by atoms with Gasteiger partial charge >= 0.3 is 0 Å². The molecule has 8 bridgehead atoms. The average molecular weight is 648 g/mol. The van der Waals surface area contributed by atoms with E-state index in [4.69, 9.17) is 9.47 Å². The normalized spacial score (nSPS) is 15.4. The van der Waals surface area contributed by atoms with E-state index in [0.717, 1.165) is 12.2 Å². The minimum Gasteiger partial charge on any atom is -0.423 e. The van der Waals surface area contributed by atoms with E-state index in [1.165, 1.54) is 36.4 Å². The molecule has 4 aromatic rings. The molecule has 7 rings (SSSR count). The summed E-state index contributed by atoms with van der Waals surface area (Å²) in [5, 5.41) is 0. The predicted octanol–water partition coefficient (Wildman–Crippen LogP) is 7.66. The lowest BCUT2D eigenvalue weighted by atomic mass is 9.98. The molecule has 16 heteroatoms. The monoisotopic (exact) mass is 648 g/mol. The van der Waals surface area contributed by atoms with E-state index in [2.05, 4.69) is 20.0 Å². The Labute approximate surface area is 249 Å². The molecule has 2 N–H and O–H groups in total. The number of aromatic nitrogens is 2. The molecule has 0 fully saturated rings. The SMILES string of the molecule is Fc1c(F)c(F)c(C2=C3C=CC(=N3)Oc3ccc([nH]3)C(c3c(F)c(F)c(F)c(F)c3F)=C3C=CC(=N3)Oc3ccc2[nH]3)c(F)c1F. The van der Waals surface area contributed by atoms with Crippen LogP contribution in [0.2, 0.25) is 0 Å². The zero-order valence-corrected chi connectivity index (χ0v) is 22.1. The summed E-state index contributed by atoms with van der Waals surface area (Å²) in [5.41, 5.74) is -4.90. The van der Waals surface area contributed by atoms with Crippen LogP contribution in [0.4, 0.5) is 43.9 Å². The third-order valence-corrected chi connectivity index (χ3v) is 6.95. The molecule has 232 valence electrons. The highest BCUT2D eigenvalue weighted by Crippen LogP contribution is 2.39. The summed E-state index contributed by atoms with van der Waals surface area (Å²) in [7, 11) is 0. The second-order valence-corrected chi connectivity index (χ2v) is 9.65. The lowest BCUT2D eigenvalue weighted by Crippen LogP contribution is -2.09. The van der Waals surface area contributed by atoms with Crippen LogP contribution in [0.25, 0.3) is 11.1 Å². The molecule has 0 spiro atoms. The molecule has 2 aromatic carbocycles. The Kier molecular flexibility index (Phi) is 6.54. The van der Waals surface area contributed by atoms with Crippen LogP contribution >= 0.6 is 0 Å². The first-order chi connectivity index (χ1) is 21.9. The zero-order chi connectivity index (χ0) is 32.6. The number of hydrogen-bond donors (Lipinski definition) is 2. The summed E-state index contributed by atoms with van der Waals surface area (Å²) >= 11 is 0. The molecule has 5 heterocycles. The van der Waals surface area contributed by atoms with Crippen molar-refractivity contribution in [3.8, 4) is 11.8 Å². The van der Waals surface area contributed by atoms with Crippen molar-refractivity contribution < 1.29 is 53.4 Å². The van der Waals surface area contributed by atoms with Gasteiger partial charge < -0.3 is 19.4 Å². The van der Waals surface area contributed by atoms with Crippen LogP contribution in [-0.4, -0.2) is 21.8 Å². The minimum absolute atomic E-state index is 0.212. The van der Waals surface area contributed by atoms with E-state index in [1.54, 1.807) is 0 Å². The summed E-state index contributed by atoms with van der Waals surface area (Å²) < 4.78 is 156. The van der Waals surface area contributed by atoms with Crippen LogP contribution in [0.3, 0.4) is 0 Å². The van der Waals surface area contributed by atoms with Gasteiger partial charge in [0, 0.05) is 35.4 Å². The molecule has 0 aliphatic carbocycles. The summed E-state index contributed by atoms with van der Waals surface area (Å²) in [6.45, 7) is 0. The smallest absolute Gasteiger partial charge is 0.221 e. The Hall–Kier alpha value is -5.80. The van der Waals surface area contributed by atoms with Gasteiger partial charge in [0.15, 0.2) is 58.3 Å².